The number of halogens is 2. The molecule has 0 spiro atoms. The predicted octanol–water partition coefficient (Wildman–Crippen LogP) is 4.22. The van der Waals surface area contributed by atoms with Crippen LogP contribution in [0.15, 0.2) is 47.4 Å². The summed E-state index contributed by atoms with van der Waals surface area (Å²) in [4.78, 5) is 38.5. The van der Waals surface area contributed by atoms with E-state index in [1.807, 2.05) is 0 Å². The molecule has 1 aliphatic carbocycles. The zero-order valence-electron chi connectivity index (χ0n) is 18.3. The van der Waals surface area contributed by atoms with E-state index in [9.17, 15) is 22.8 Å². The van der Waals surface area contributed by atoms with Gasteiger partial charge in [-0.25, -0.2) is 13.3 Å². The van der Waals surface area contributed by atoms with Crippen LogP contribution < -0.4 is 10.2 Å². The lowest BCUT2D eigenvalue weighted by molar-refractivity contribution is -0.122. The van der Waals surface area contributed by atoms with E-state index in [1.54, 1.807) is 12.1 Å². The molecule has 3 amide bonds. The number of hydrogen-bond acceptors (Lipinski definition) is 5. The van der Waals surface area contributed by atoms with Crippen LogP contribution in [-0.4, -0.2) is 42.5 Å². The van der Waals surface area contributed by atoms with Crippen LogP contribution in [0.2, 0.25) is 10.0 Å². The number of benzene rings is 2. The molecule has 11 heteroatoms. The van der Waals surface area contributed by atoms with Crippen molar-refractivity contribution in [2.75, 3.05) is 10.2 Å². The molecule has 1 N–H and O–H groups in total. The third-order valence-electron chi connectivity index (χ3n) is 6.01. The molecule has 2 aliphatic rings. The molecule has 0 radical (unpaired) electrons. The molecule has 1 atom stereocenters. The fourth-order valence-corrected chi connectivity index (χ4v) is 7.12. The first-order valence-electron chi connectivity index (χ1n) is 10.8. The zero-order chi connectivity index (χ0) is 24.6. The van der Waals surface area contributed by atoms with Gasteiger partial charge in [0.2, 0.25) is 21.8 Å². The van der Waals surface area contributed by atoms with Gasteiger partial charge in [-0.15, -0.1) is 0 Å². The van der Waals surface area contributed by atoms with E-state index in [0.29, 0.717) is 24.2 Å². The number of nitrogens with one attached hydrogen (secondary N) is 1. The van der Waals surface area contributed by atoms with E-state index in [0.717, 1.165) is 17.7 Å². The van der Waals surface area contributed by atoms with E-state index >= 15 is 0 Å². The van der Waals surface area contributed by atoms with Gasteiger partial charge in [0.1, 0.15) is 10.9 Å². The molecular formula is C23H23Cl2N3O5S. The number of carbonyl (C=O) groups excluding carboxylic acids is 3. The molecule has 2 fully saturated rings. The second-order valence-electron chi connectivity index (χ2n) is 8.36. The van der Waals surface area contributed by atoms with E-state index in [2.05, 4.69) is 5.32 Å². The van der Waals surface area contributed by atoms with Gasteiger partial charge in [0.15, 0.2) is 0 Å². The Balaban J connectivity index is 1.71. The molecule has 0 bridgehead atoms. The number of hydrogen-bond donors (Lipinski definition) is 1. The first-order valence-corrected chi connectivity index (χ1v) is 13.0. The van der Waals surface area contributed by atoms with Crippen molar-refractivity contribution in [1.82, 2.24) is 4.31 Å². The summed E-state index contributed by atoms with van der Waals surface area (Å²) in [5, 5.41) is 2.81. The first kappa shape index (κ1) is 24.7. The minimum atomic E-state index is -4.23. The molecule has 1 heterocycles. The Hall–Kier alpha value is -2.46. The summed E-state index contributed by atoms with van der Waals surface area (Å²) >= 11 is 12.3. The lowest BCUT2D eigenvalue weighted by atomic mass is 10.2. The third-order valence-corrected chi connectivity index (χ3v) is 8.69. The van der Waals surface area contributed by atoms with Gasteiger partial charge >= 0.3 is 0 Å². The minimum Gasteiger partial charge on any atom is -0.326 e. The molecule has 34 heavy (non-hydrogen) atoms. The largest absolute Gasteiger partial charge is 0.326 e. The molecule has 1 saturated heterocycles. The van der Waals surface area contributed by atoms with Crippen molar-refractivity contribution >= 4 is 62.3 Å². The van der Waals surface area contributed by atoms with Crippen LogP contribution in [0.3, 0.4) is 0 Å². The summed E-state index contributed by atoms with van der Waals surface area (Å²) in [5.74, 6) is -1.37. The van der Waals surface area contributed by atoms with Crippen molar-refractivity contribution in [2.45, 2.75) is 56.0 Å². The second kappa shape index (κ2) is 9.65. The number of sulfonamides is 1. The molecule has 1 aliphatic heterocycles. The van der Waals surface area contributed by atoms with Gasteiger partial charge < -0.3 is 5.32 Å². The van der Waals surface area contributed by atoms with Gasteiger partial charge in [0.25, 0.3) is 5.91 Å². The van der Waals surface area contributed by atoms with Gasteiger partial charge in [0, 0.05) is 23.7 Å². The van der Waals surface area contributed by atoms with Crippen LogP contribution >= 0.6 is 23.2 Å². The number of amides is 3. The Kier molecular flexibility index (Phi) is 7.00. The van der Waals surface area contributed by atoms with Crippen molar-refractivity contribution in [3.05, 3.63) is 52.5 Å². The van der Waals surface area contributed by atoms with Gasteiger partial charge in [0.05, 0.1) is 17.1 Å². The van der Waals surface area contributed by atoms with Crippen LogP contribution in [0.5, 0.6) is 0 Å². The van der Waals surface area contributed by atoms with E-state index < -0.39 is 33.9 Å². The fraction of sp³-hybridized carbons (Fsp3) is 0.348. The average Bonchev–Trinajstić information content (AvgIpc) is 3.39. The Morgan fingerprint density at radius 1 is 1.06 bits per heavy atom. The Morgan fingerprint density at radius 2 is 1.71 bits per heavy atom. The van der Waals surface area contributed by atoms with E-state index in [1.165, 1.54) is 41.6 Å². The summed E-state index contributed by atoms with van der Waals surface area (Å²) < 4.78 is 28.7. The van der Waals surface area contributed by atoms with Crippen LogP contribution in [0.25, 0.3) is 0 Å². The lowest BCUT2D eigenvalue weighted by Crippen LogP contribution is -2.49. The predicted molar refractivity (Wildman–Crippen MR) is 129 cm³/mol. The van der Waals surface area contributed by atoms with Crippen molar-refractivity contribution in [3.8, 4) is 0 Å². The van der Waals surface area contributed by atoms with Gasteiger partial charge in [-0.05, 0) is 55.3 Å². The van der Waals surface area contributed by atoms with Gasteiger partial charge in [-0.1, -0.05) is 36.0 Å². The summed E-state index contributed by atoms with van der Waals surface area (Å²) in [6.07, 6.45) is 2.54. The lowest BCUT2D eigenvalue weighted by Gasteiger charge is -2.32. The summed E-state index contributed by atoms with van der Waals surface area (Å²) in [5.41, 5.74) is 0.814. The monoisotopic (exact) mass is 523 g/mol. The Morgan fingerprint density at radius 3 is 2.32 bits per heavy atom. The smallest absolute Gasteiger partial charge is 0.252 e. The number of anilines is 2. The normalized spacial score (nSPS) is 19.3. The summed E-state index contributed by atoms with van der Waals surface area (Å²) in [6, 6.07) is 8.74. The van der Waals surface area contributed by atoms with Crippen LogP contribution in [-0.2, 0) is 24.4 Å². The SMILES string of the molecule is CC(=O)Nc1ccc(N2C(=O)CC(N(C3CCCC3)S(=O)(=O)c3cc(Cl)ccc3Cl)C2=O)cc1. The third kappa shape index (κ3) is 4.70. The summed E-state index contributed by atoms with van der Waals surface area (Å²) in [6.45, 7) is 1.37. The van der Waals surface area contributed by atoms with Gasteiger partial charge in [-0.3, -0.25) is 14.4 Å². The highest BCUT2D eigenvalue weighted by atomic mass is 35.5. The number of carbonyl (C=O) groups is 3. The molecule has 2 aromatic carbocycles. The van der Waals surface area contributed by atoms with Crippen molar-refractivity contribution < 1.29 is 22.8 Å². The van der Waals surface area contributed by atoms with Crippen molar-refractivity contribution in [3.63, 3.8) is 0 Å². The zero-order valence-corrected chi connectivity index (χ0v) is 20.7. The van der Waals surface area contributed by atoms with Crippen LogP contribution in [0.4, 0.5) is 11.4 Å². The maximum atomic E-state index is 13.8. The molecule has 8 nitrogen and oxygen atoms in total. The highest BCUT2D eigenvalue weighted by Gasteiger charge is 2.50. The number of imide groups is 1. The average molecular weight is 524 g/mol. The van der Waals surface area contributed by atoms with E-state index in [4.69, 9.17) is 23.2 Å². The Labute approximate surface area is 207 Å². The molecule has 2 aromatic rings. The second-order valence-corrected chi connectivity index (χ2v) is 11.0. The first-order chi connectivity index (χ1) is 16.1. The van der Waals surface area contributed by atoms with Crippen molar-refractivity contribution in [2.24, 2.45) is 0 Å². The summed E-state index contributed by atoms with van der Waals surface area (Å²) in [7, 11) is -4.23. The maximum absolute atomic E-state index is 13.8. The van der Waals surface area contributed by atoms with Crippen molar-refractivity contribution in [1.29, 1.82) is 0 Å². The number of rotatable bonds is 6. The molecule has 180 valence electrons. The standard InChI is InChI=1S/C23H23Cl2N3O5S/c1-14(29)26-16-7-9-17(10-8-16)27-22(30)13-20(23(27)31)28(18-4-2-3-5-18)34(32,33)21-12-15(24)6-11-19(21)25/h6-12,18,20H,2-5,13H2,1H3,(H,26,29). The molecule has 0 aromatic heterocycles. The maximum Gasteiger partial charge on any atom is 0.252 e. The van der Waals surface area contributed by atoms with E-state index in [-0.39, 0.29) is 27.3 Å². The molecule has 4 rings (SSSR count). The fourth-order valence-electron chi connectivity index (χ4n) is 4.55. The highest BCUT2D eigenvalue weighted by Crippen LogP contribution is 2.38. The highest BCUT2D eigenvalue weighted by molar-refractivity contribution is 7.89. The number of nitrogens with zero attached hydrogens (tertiary/aromatic N) is 2. The van der Waals surface area contributed by atoms with Crippen LogP contribution in [0.1, 0.15) is 39.0 Å². The topological polar surface area (TPSA) is 104 Å². The van der Waals surface area contributed by atoms with Gasteiger partial charge in [-0.2, -0.15) is 4.31 Å². The van der Waals surface area contributed by atoms with Crippen LogP contribution in [0, 0.1) is 0 Å². The minimum absolute atomic E-state index is 0.00501. The molecule has 1 saturated carbocycles. The quantitative estimate of drug-likeness (QED) is 0.570. The molecule has 1 unspecified atom stereocenters. The molecular weight excluding hydrogens is 501 g/mol. The Bertz CT molecular complexity index is 1240.